The van der Waals surface area contributed by atoms with Crippen LogP contribution in [0.25, 0.3) is 0 Å². The van der Waals surface area contributed by atoms with Gasteiger partial charge in [0.05, 0.1) is 11.7 Å². The van der Waals surface area contributed by atoms with Gasteiger partial charge in [0.2, 0.25) is 5.92 Å². The maximum absolute atomic E-state index is 13.0. The average molecular weight is 227 g/mol. The summed E-state index contributed by atoms with van der Waals surface area (Å²) < 4.78 is 25.9. The molecule has 88 valence electrons. The topological polar surface area (TPSA) is 51.8 Å². The lowest BCUT2D eigenvalue weighted by molar-refractivity contribution is -0.0484. The molecule has 1 atom stereocenters. The second-order valence-electron chi connectivity index (χ2n) is 4.35. The third-order valence-electron chi connectivity index (χ3n) is 3.19. The molecule has 0 radical (unpaired) electrons. The average Bonchev–Trinajstić information content (AvgIpc) is 2.29. The van der Waals surface area contributed by atoms with Crippen LogP contribution in [0.15, 0.2) is 18.6 Å². The summed E-state index contributed by atoms with van der Waals surface area (Å²) in [7, 11) is 0. The SMILES string of the molecule is NC(c1cnccn1)C1CCC(F)(F)CC1. The van der Waals surface area contributed by atoms with Gasteiger partial charge in [-0.15, -0.1) is 0 Å². The summed E-state index contributed by atoms with van der Waals surface area (Å²) in [5, 5.41) is 0. The van der Waals surface area contributed by atoms with E-state index in [1.54, 1.807) is 18.6 Å². The van der Waals surface area contributed by atoms with Gasteiger partial charge in [-0.3, -0.25) is 9.97 Å². The van der Waals surface area contributed by atoms with Crippen LogP contribution in [0.2, 0.25) is 0 Å². The Kier molecular flexibility index (Phi) is 3.14. The number of nitrogens with two attached hydrogens (primary N) is 1. The Morgan fingerprint density at radius 3 is 2.56 bits per heavy atom. The number of hydrogen-bond donors (Lipinski definition) is 1. The number of halogens is 2. The molecule has 16 heavy (non-hydrogen) atoms. The highest BCUT2D eigenvalue weighted by atomic mass is 19.3. The Labute approximate surface area is 93.1 Å². The summed E-state index contributed by atoms with van der Waals surface area (Å²) in [6.45, 7) is 0. The molecule has 1 aromatic heterocycles. The molecule has 0 saturated heterocycles. The van der Waals surface area contributed by atoms with E-state index in [0.717, 1.165) is 0 Å². The second kappa shape index (κ2) is 4.41. The first-order valence-electron chi connectivity index (χ1n) is 5.48. The van der Waals surface area contributed by atoms with E-state index < -0.39 is 5.92 Å². The quantitative estimate of drug-likeness (QED) is 0.843. The monoisotopic (exact) mass is 227 g/mol. The first-order chi connectivity index (χ1) is 7.58. The molecule has 0 spiro atoms. The molecule has 2 N–H and O–H groups in total. The molecule has 0 aliphatic heterocycles. The summed E-state index contributed by atoms with van der Waals surface area (Å²) in [6.07, 6.45) is 5.56. The van der Waals surface area contributed by atoms with E-state index in [1.807, 2.05) is 0 Å². The van der Waals surface area contributed by atoms with Crippen molar-refractivity contribution in [3.05, 3.63) is 24.3 Å². The van der Waals surface area contributed by atoms with Crippen molar-refractivity contribution in [2.45, 2.75) is 37.6 Å². The van der Waals surface area contributed by atoms with E-state index in [0.29, 0.717) is 18.5 Å². The van der Waals surface area contributed by atoms with Gasteiger partial charge in [-0.2, -0.15) is 0 Å². The molecule has 3 nitrogen and oxygen atoms in total. The van der Waals surface area contributed by atoms with Gasteiger partial charge in [0.1, 0.15) is 0 Å². The second-order valence-corrected chi connectivity index (χ2v) is 4.35. The van der Waals surface area contributed by atoms with Crippen molar-refractivity contribution in [3.8, 4) is 0 Å². The lowest BCUT2D eigenvalue weighted by Crippen LogP contribution is -2.31. The number of rotatable bonds is 2. The van der Waals surface area contributed by atoms with Crippen LogP contribution in [0.4, 0.5) is 8.78 Å². The zero-order valence-corrected chi connectivity index (χ0v) is 8.94. The molecule has 0 amide bonds. The summed E-state index contributed by atoms with van der Waals surface area (Å²) >= 11 is 0. The predicted octanol–water partition coefficient (Wildman–Crippen LogP) is 2.30. The molecule has 1 saturated carbocycles. The third kappa shape index (κ3) is 2.52. The molecule has 2 rings (SSSR count). The Morgan fingerprint density at radius 2 is 2.00 bits per heavy atom. The fourth-order valence-corrected chi connectivity index (χ4v) is 2.15. The van der Waals surface area contributed by atoms with Crippen LogP contribution in [0.1, 0.15) is 37.4 Å². The van der Waals surface area contributed by atoms with Crippen molar-refractivity contribution in [2.24, 2.45) is 11.7 Å². The molecule has 1 aromatic rings. The van der Waals surface area contributed by atoms with Crippen LogP contribution in [0.3, 0.4) is 0 Å². The number of hydrogen-bond acceptors (Lipinski definition) is 3. The zero-order chi connectivity index (χ0) is 11.6. The number of nitrogens with zero attached hydrogens (tertiary/aromatic N) is 2. The van der Waals surface area contributed by atoms with Crippen molar-refractivity contribution in [1.29, 1.82) is 0 Å². The van der Waals surface area contributed by atoms with Crippen molar-refractivity contribution < 1.29 is 8.78 Å². The van der Waals surface area contributed by atoms with Gasteiger partial charge in [-0.1, -0.05) is 0 Å². The van der Waals surface area contributed by atoms with E-state index in [1.165, 1.54) is 0 Å². The molecule has 1 heterocycles. The first kappa shape index (κ1) is 11.4. The molecular formula is C11H15F2N3. The highest BCUT2D eigenvalue weighted by Gasteiger charge is 2.37. The first-order valence-corrected chi connectivity index (χ1v) is 5.48. The number of alkyl halides is 2. The van der Waals surface area contributed by atoms with Crippen molar-refractivity contribution >= 4 is 0 Å². The van der Waals surface area contributed by atoms with Gasteiger partial charge < -0.3 is 5.73 Å². The van der Waals surface area contributed by atoms with Gasteiger partial charge in [-0.05, 0) is 18.8 Å². The fourth-order valence-electron chi connectivity index (χ4n) is 2.15. The van der Waals surface area contributed by atoms with Crippen molar-refractivity contribution in [3.63, 3.8) is 0 Å². The largest absolute Gasteiger partial charge is 0.322 e. The maximum atomic E-state index is 13.0. The van der Waals surface area contributed by atoms with Crippen molar-refractivity contribution in [1.82, 2.24) is 9.97 Å². The fraction of sp³-hybridized carbons (Fsp3) is 0.636. The van der Waals surface area contributed by atoms with Crippen LogP contribution in [0, 0.1) is 5.92 Å². The summed E-state index contributed by atoms with van der Waals surface area (Å²) in [4.78, 5) is 8.05. The molecule has 1 unspecified atom stereocenters. The summed E-state index contributed by atoms with van der Waals surface area (Å²) in [6, 6.07) is -0.273. The standard InChI is InChI=1S/C11H15F2N3/c12-11(13)3-1-8(2-4-11)10(14)9-7-15-5-6-16-9/h5-8,10H,1-4,14H2. The Morgan fingerprint density at radius 1 is 1.31 bits per heavy atom. The van der Waals surface area contributed by atoms with Crippen LogP contribution in [-0.4, -0.2) is 15.9 Å². The van der Waals surface area contributed by atoms with E-state index >= 15 is 0 Å². The molecule has 1 fully saturated rings. The molecule has 5 heteroatoms. The van der Waals surface area contributed by atoms with Crippen LogP contribution in [-0.2, 0) is 0 Å². The molecule has 1 aliphatic carbocycles. The van der Waals surface area contributed by atoms with E-state index in [2.05, 4.69) is 9.97 Å². The van der Waals surface area contributed by atoms with Gasteiger partial charge in [0.15, 0.2) is 0 Å². The molecule has 1 aliphatic rings. The lowest BCUT2D eigenvalue weighted by Gasteiger charge is -2.31. The molecule has 0 bridgehead atoms. The summed E-state index contributed by atoms with van der Waals surface area (Å²) in [5.41, 5.74) is 6.70. The molecular weight excluding hydrogens is 212 g/mol. The Balaban J connectivity index is 2.00. The van der Waals surface area contributed by atoms with Gasteiger partial charge in [0, 0.05) is 31.4 Å². The van der Waals surface area contributed by atoms with Gasteiger partial charge in [-0.25, -0.2) is 8.78 Å². The Hall–Kier alpha value is -1.10. The van der Waals surface area contributed by atoms with Crippen LogP contribution < -0.4 is 5.73 Å². The normalized spacial score (nSPS) is 22.9. The predicted molar refractivity (Wildman–Crippen MR) is 55.9 cm³/mol. The minimum atomic E-state index is -2.50. The van der Waals surface area contributed by atoms with Crippen LogP contribution in [0.5, 0.6) is 0 Å². The van der Waals surface area contributed by atoms with Crippen molar-refractivity contribution in [2.75, 3.05) is 0 Å². The highest BCUT2D eigenvalue weighted by molar-refractivity contribution is 5.04. The zero-order valence-electron chi connectivity index (χ0n) is 8.94. The summed E-state index contributed by atoms with van der Waals surface area (Å²) in [5.74, 6) is -2.41. The molecule has 0 aromatic carbocycles. The minimum Gasteiger partial charge on any atom is -0.322 e. The third-order valence-corrected chi connectivity index (χ3v) is 3.19. The van der Waals surface area contributed by atoms with Gasteiger partial charge in [0.25, 0.3) is 0 Å². The smallest absolute Gasteiger partial charge is 0.248 e. The van der Waals surface area contributed by atoms with Gasteiger partial charge >= 0.3 is 0 Å². The van der Waals surface area contributed by atoms with E-state index in [4.69, 9.17) is 5.73 Å². The minimum absolute atomic E-state index is 0.0639. The van der Waals surface area contributed by atoms with E-state index in [-0.39, 0.29) is 24.8 Å². The van der Waals surface area contributed by atoms with E-state index in [9.17, 15) is 8.78 Å². The number of aromatic nitrogens is 2. The maximum Gasteiger partial charge on any atom is 0.248 e. The van der Waals surface area contributed by atoms with Crippen LogP contribution >= 0.6 is 0 Å². The Bertz CT molecular complexity index is 332. The highest BCUT2D eigenvalue weighted by Crippen LogP contribution is 2.39. The lowest BCUT2D eigenvalue weighted by atomic mass is 9.81.